The third-order valence-corrected chi connectivity index (χ3v) is 1.60. The van der Waals surface area contributed by atoms with Gasteiger partial charge in [-0.05, 0) is 13.0 Å². The molecule has 0 bridgehead atoms. The zero-order valence-electron chi connectivity index (χ0n) is 6.68. The van der Waals surface area contributed by atoms with Crippen molar-refractivity contribution in [1.29, 1.82) is 0 Å². The Labute approximate surface area is 69.9 Å². The van der Waals surface area contributed by atoms with Gasteiger partial charge >= 0.3 is 0 Å². The molecule has 2 heterocycles. The van der Waals surface area contributed by atoms with Crippen LogP contribution in [0.5, 0.6) is 0 Å². The maximum atomic E-state index is 4.12. The van der Waals surface area contributed by atoms with Gasteiger partial charge in [-0.25, -0.2) is 9.67 Å². The fourth-order valence-electron chi connectivity index (χ4n) is 1.01. The zero-order chi connectivity index (χ0) is 8.39. The smallest absolute Gasteiger partial charge is 0.172 e. The van der Waals surface area contributed by atoms with Crippen LogP contribution in [-0.4, -0.2) is 19.7 Å². The van der Waals surface area contributed by atoms with Gasteiger partial charge in [-0.1, -0.05) is 0 Å². The van der Waals surface area contributed by atoms with E-state index in [9.17, 15) is 0 Å². The molecular weight excluding hydrogens is 152 g/mol. The van der Waals surface area contributed by atoms with Gasteiger partial charge in [0.15, 0.2) is 5.82 Å². The molecule has 0 N–H and O–H groups in total. The summed E-state index contributed by atoms with van der Waals surface area (Å²) in [7, 11) is 0. The first-order valence-electron chi connectivity index (χ1n) is 3.65. The Kier molecular flexibility index (Phi) is 1.59. The number of hydrogen-bond acceptors (Lipinski definition) is 3. The molecule has 0 aliphatic carbocycles. The third kappa shape index (κ3) is 1.07. The minimum atomic E-state index is 0.750. The van der Waals surface area contributed by atoms with Crippen LogP contribution in [0.1, 0.15) is 5.69 Å². The fraction of sp³-hybridized carbons (Fsp3) is 0.125. The average Bonchev–Trinajstić information content (AvgIpc) is 2.53. The normalized spacial score (nSPS) is 10.1. The molecule has 0 saturated carbocycles. The molecule has 0 atom stereocenters. The molecular formula is C8H8N4. The molecule has 0 aliphatic rings. The van der Waals surface area contributed by atoms with Crippen molar-refractivity contribution in [2.75, 3.05) is 0 Å². The first kappa shape index (κ1) is 6.97. The van der Waals surface area contributed by atoms with Crippen molar-refractivity contribution in [3.8, 4) is 5.82 Å². The lowest BCUT2D eigenvalue weighted by Gasteiger charge is -2.00. The van der Waals surface area contributed by atoms with Crippen LogP contribution >= 0.6 is 0 Å². The quantitative estimate of drug-likeness (QED) is 0.624. The molecule has 0 saturated heterocycles. The van der Waals surface area contributed by atoms with Gasteiger partial charge in [0.25, 0.3) is 0 Å². The summed E-state index contributed by atoms with van der Waals surface area (Å²) >= 11 is 0. The summed E-state index contributed by atoms with van der Waals surface area (Å²) in [5.41, 5.74) is 1.05. The Balaban J connectivity index is 2.51. The van der Waals surface area contributed by atoms with Crippen LogP contribution in [0.15, 0.2) is 30.9 Å². The second kappa shape index (κ2) is 2.73. The molecule has 0 unspecified atom stereocenters. The number of hydrogen-bond donors (Lipinski definition) is 0. The van der Waals surface area contributed by atoms with Crippen molar-refractivity contribution < 1.29 is 0 Å². The molecule has 4 heteroatoms. The van der Waals surface area contributed by atoms with E-state index in [1.807, 2.05) is 13.0 Å². The van der Waals surface area contributed by atoms with Gasteiger partial charge < -0.3 is 0 Å². The second-order valence-corrected chi connectivity index (χ2v) is 2.45. The molecule has 2 aromatic rings. The Bertz CT molecular complexity index is 366. The van der Waals surface area contributed by atoms with E-state index < -0.39 is 0 Å². The molecule has 0 fully saturated rings. The fourth-order valence-corrected chi connectivity index (χ4v) is 1.01. The summed E-state index contributed by atoms with van der Waals surface area (Å²) in [4.78, 5) is 8.08. The van der Waals surface area contributed by atoms with Crippen molar-refractivity contribution in [1.82, 2.24) is 19.7 Å². The summed E-state index contributed by atoms with van der Waals surface area (Å²) in [5.74, 6) is 0.750. The summed E-state index contributed by atoms with van der Waals surface area (Å²) in [5, 5.41) is 4.10. The van der Waals surface area contributed by atoms with Crippen molar-refractivity contribution in [2.24, 2.45) is 0 Å². The van der Waals surface area contributed by atoms with E-state index in [2.05, 4.69) is 15.1 Å². The lowest BCUT2D eigenvalue weighted by Crippen LogP contribution is -2.00. The first-order chi connectivity index (χ1) is 5.88. The lowest BCUT2D eigenvalue weighted by atomic mass is 10.5. The van der Waals surface area contributed by atoms with Gasteiger partial charge in [0.1, 0.15) is 0 Å². The zero-order valence-corrected chi connectivity index (χ0v) is 6.68. The van der Waals surface area contributed by atoms with E-state index in [0.29, 0.717) is 0 Å². The molecule has 2 aromatic heterocycles. The van der Waals surface area contributed by atoms with Crippen molar-refractivity contribution in [3.63, 3.8) is 0 Å². The number of nitrogens with zero attached hydrogens (tertiary/aromatic N) is 4. The summed E-state index contributed by atoms with van der Waals surface area (Å²) in [6.45, 7) is 1.97. The molecule has 60 valence electrons. The predicted octanol–water partition coefficient (Wildman–Crippen LogP) is 0.971. The topological polar surface area (TPSA) is 43.6 Å². The molecule has 2 rings (SSSR count). The highest BCUT2D eigenvalue weighted by atomic mass is 15.3. The van der Waals surface area contributed by atoms with E-state index in [1.165, 1.54) is 0 Å². The Morgan fingerprint density at radius 3 is 2.75 bits per heavy atom. The van der Waals surface area contributed by atoms with Gasteiger partial charge in [0.05, 0.1) is 6.20 Å². The van der Waals surface area contributed by atoms with Crippen LogP contribution in [0.4, 0.5) is 0 Å². The van der Waals surface area contributed by atoms with E-state index in [1.54, 1.807) is 29.5 Å². The van der Waals surface area contributed by atoms with Gasteiger partial charge in [-0.3, -0.25) is 4.98 Å². The first-order valence-corrected chi connectivity index (χ1v) is 3.65. The number of rotatable bonds is 1. The van der Waals surface area contributed by atoms with Crippen LogP contribution in [0.3, 0.4) is 0 Å². The standard InChI is InChI=1S/C8H8N4/c1-7-2-3-11-12(7)8-6-9-4-5-10-8/h2-6H,1H3. The third-order valence-electron chi connectivity index (χ3n) is 1.60. The molecule has 0 radical (unpaired) electrons. The Hall–Kier alpha value is -1.71. The van der Waals surface area contributed by atoms with E-state index in [0.717, 1.165) is 11.5 Å². The maximum absolute atomic E-state index is 4.12. The van der Waals surface area contributed by atoms with Crippen LogP contribution in [0.2, 0.25) is 0 Å². The molecule has 0 aromatic carbocycles. The maximum Gasteiger partial charge on any atom is 0.172 e. The second-order valence-electron chi connectivity index (χ2n) is 2.45. The molecule has 0 amide bonds. The monoisotopic (exact) mass is 160 g/mol. The van der Waals surface area contributed by atoms with Crippen LogP contribution < -0.4 is 0 Å². The minimum absolute atomic E-state index is 0.750. The van der Waals surface area contributed by atoms with Crippen molar-refractivity contribution >= 4 is 0 Å². The summed E-state index contributed by atoms with van der Waals surface area (Å²) in [6, 6.07) is 1.93. The highest BCUT2D eigenvalue weighted by Gasteiger charge is 1.99. The van der Waals surface area contributed by atoms with Crippen molar-refractivity contribution in [3.05, 3.63) is 36.5 Å². The van der Waals surface area contributed by atoms with Crippen LogP contribution in [-0.2, 0) is 0 Å². The lowest BCUT2D eigenvalue weighted by molar-refractivity contribution is 0.810. The molecule has 0 spiro atoms. The average molecular weight is 160 g/mol. The molecule has 12 heavy (non-hydrogen) atoms. The van der Waals surface area contributed by atoms with Crippen LogP contribution in [0, 0.1) is 6.92 Å². The number of aryl methyl sites for hydroxylation is 1. The predicted molar refractivity (Wildman–Crippen MR) is 43.9 cm³/mol. The number of aromatic nitrogens is 4. The highest BCUT2D eigenvalue weighted by molar-refractivity contribution is 5.19. The molecule has 0 aliphatic heterocycles. The van der Waals surface area contributed by atoms with Gasteiger partial charge in [0, 0.05) is 24.3 Å². The largest absolute Gasteiger partial charge is 0.259 e. The van der Waals surface area contributed by atoms with Gasteiger partial charge in [-0.2, -0.15) is 5.10 Å². The Morgan fingerprint density at radius 1 is 1.25 bits per heavy atom. The Morgan fingerprint density at radius 2 is 2.17 bits per heavy atom. The summed E-state index contributed by atoms with van der Waals surface area (Å²) in [6.07, 6.45) is 6.71. The van der Waals surface area contributed by atoms with E-state index in [-0.39, 0.29) is 0 Å². The van der Waals surface area contributed by atoms with Crippen LogP contribution in [0.25, 0.3) is 5.82 Å². The van der Waals surface area contributed by atoms with Gasteiger partial charge in [-0.15, -0.1) is 0 Å². The summed E-state index contributed by atoms with van der Waals surface area (Å²) < 4.78 is 1.74. The van der Waals surface area contributed by atoms with Crippen molar-refractivity contribution in [2.45, 2.75) is 6.92 Å². The van der Waals surface area contributed by atoms with E-state index in [4.69, 9.17) is 0 Å². The SMILES string of the molecule is Cc1ccnn1-c1cnccn1. The highest BCUT2D eigenvalue weighted by Crippen LogP contribution is 2.03. The molecule has 4 nitrogen and oxygen atoms in total. The van der Waals surface area contributed by atoms with Gasteiger partial charge in [0.2, 0.25) is 0 Å². The minimum Gasteiger partial charge on any atom is -0.259 e. The van der Waals surface area contributed by atoms with E-state index >= 15 is 0 Å².